The molecule has 1 aliphatic heterocycles. The van der Waals surface area contributed by atoms with Crippen LogP contribution < -0.4 is 4.74 Å². The van der Waals surface area contributed by atoms with E-state index in [-0.39, 0.29) is 37.8 Å². The van der Waals surface area contributed by atoms with Crippen molar-refractivity contribution in [3.05, 3.63) is 29.8 Å². The number of nitrogens with zero attached hydrogens (tertiary/aromatic N) is 1. The molecular weight excluding hydrogens is 246 g/mol. The molecule has 0 aromatic heterocycles. The van der Waals surface area contributed by atoms with Crippen molar-refractivity contribution in [1.29, 1.82) is 0 Å². The number of β-amino-alcohol motifs (C(OH)–C–C–N with tert-alkyl or cyclic N) is 1. The van der Waals surface area contributed by atoms with Crippen LogP contribution in [-0.2, 0) is 9.59 Å². The summed E-state index contributed by atoms with van der Waals surface area (Å²) in [7, 11) is 0. The number of aliphatic hydroxyl groups excluding tert-OH is 1. The Kier molecular flexibility index (Phi) is 4.16. The molecule has 0 spiro atoms. The van der Waals surface area contributed by atoms with Crippen LogP contribution in [0.5, 0.6) is 5.75 Å². The third-order valence-electron chi connectivity index (χ3n) is 3.01. The second-order valence-electron chi connectivity index (χ2n) is 4.68. The summed E-state index contributed by atoms with van der Waals surface area (Å²) in [5.41, 5.74) is 1.13. The number of amides is 2. The van der Waals surface area contributed by atoms with Gasteiger partial charge in [-0.3, -0.25) is 14.5 Å². The van der Waals surface area contributed by atoms with E-state index >= 15 is 0 Å². The van der Waals surface area contributed by atoms with Crippen LogP contribution in [0.1, 0.15) is 18.4 Å². The smallest absolute Gasteiger partial charge is 0.229 e. The Morgan fingerprint density at radius 1 is 1.21 bits per heavy atom. The van der Waals surface area contributed by atoms with Crippen molar-refractivity contribution in [3.63, 3.8) is 0 Å². The highest BCUT2D eigenvalue weighted by molar-refractivity contribution is 6.01. The third-order valence-corrected chi connectivity index (χ3v) is 3.01. The minimum Gasteiger partial charge on any atom is -0.491 e. The highest BCUT2D eigenvalue weighted by atomic mass is 16.5. The predicted octanol–water partition coefficient (Wildman–Crippen LogP) is 0.884. The number of carbonyl (C=O) groups is 2. The standard InChI is InChI=1S/C14H17NO4/c1-10-2-4-12(5-3-10)19-9-11(16)8-15-13(17)6-7-14(15)18/h2-5,11,16H,6-9H2,1H3. The van der Waals surface area contributed by atoms with E-state index in [1.165, 1.54) is 0 Å². The lowest BCUT2D eigenvalue weighted by Crippen LogP contribution is -2.38. The van der Waals surface area contributed by atoms with E-state index < -0.39 is 6.10 Å². The van der Waals surface area contributed by atoms with Crippen LogP contribution in [0, 0.1) is 6.92 Å². The van der Waals surface area contributed by atoms with Gasteiger partial charge in [0.1, 0.15) is 18.5 Å². The van der Waals surface area contributed by atoms with Crippen LogP contribution in [0.4, 0.5) is 0 Å². The zero-order valence-corrected chi connectivity index (χ0v) is 10.8. The summed E-state index contributed by atoms with van der Waals surface area (Å²) in [4.78, 5) is 23.9. The molecule has 2 rings (SSSR count). The molecule has 5 nitrogen and oxygen atoms in total. The Morgan fingerprint density at radius 2 is 1.79 bits per heavy atom. The number of hydrogen-bond acceptors (Lipinski definition) is 4. The van der Waals surface area contributed by atoms with E-state index in [4.69, 9.17) is 4.74 Å². The van der Waals surface area contributed by atoms with Gasteiger partial charge in [-0.1, -0.05) is 17.7 Å². The molecule has 1 aromatic rings. The van der Waals surface area contributed by atoms with E-state index in [1.54, 1.807) is 0 Å². The van der Waals surface area contributed by atoms with Gasteiger partial charge in [-0.2, -0.15) is 0 Å². The zero-order valence-electron chi connectivity index (χ0n) is 10.8. The van der Waals surface area contributed by atoms with Gasteiger partial charge in [-0.05, 0) is 19.1 Å². The van der Waals surface area contributed by atoms with Crippen molar-refractivity contribution in [2.75, 3.05) is 13.2 Å². The number of aryl methyl sites for hydroxylation is 1. The second kappa shape index (κ2) is 5.84. The molecule has 102 valence electrons. The maximum Gasteiger partial charge on any atom is 0.229 e. The molecule has 0 aliphatic carbocycles. The molecule has 19 heavy (non-hydrogen) atoms. The lowest BCUT2D eigenvalue weighted by Gasteiger charge is -2.18. The first-order valence-electron chi connectivity index (χ1n) is 6.27. The molecule has 1 aliphatic rings. The Bertz CT molecular complexity index is 453. The molecule has 0 bridgehead atoms. The summed E-state index contributed by atoms with van der Waals surface area (Å²) in [6, 6.07) is 7.45. The van der Waals surface area contributed by atoms with Crippen molar-refractivity contribution in [3.8, 4) is 5.75 Å². The molecule has 0 saturated carbocycles. The average Bonchev–Trinajstić information content (AvgIpc) is 2.70. The number of imide groups is 1. The first kappa shape index (κ1) is 13.5. The van der Waals surface area contributed by atoms with Gasteiger partial charge in [0.05, 0.1) is 6.54 Å². The van der Waals surface area contributed by atoms with Crippen LogP contribution in [0.15, 0.2) is 24.3 Å². The average molecular weight is 263 g/mol. The van der Waals surface area contributed by atoms with Gasteiger partial charge in [0.2, 0.25) is 11.8 Å². The normalized spacial score (nSPS) is 16.8. The largest absolute Gasteiger partial charge is 0.491 e. The first-order valence-corrected chi connectivity index (χ1v) is 6.27. The summed E-state index contributed by atoms with van der Waals surface area (Å²) in [5.74, 6) is 0.211. The van der Waals surface area contributed by atoms with Crippen molar-refractivity contribution < 1.29 is 19.4 Å². The Balaban J connectivity index is 1.81. The molecule has 1 saturated heterocycles. The maximum absolute atomic E-state index is 11.4. The zero-order chi connectivity index (χ0) is 13.8. The fourth-order valence-corrected chi connectivity index (χ4v) is 1.92. The number of ether oxygens (including phenoxy) is 1. The van der Waals surface area contributed by atoms with Gasteiger partial charge in [0, 0.05) is 12.8 Å². The summed E-state index contributed by atoms with van der Waals surface area (Å²) < 4.78 is 5.40. The van der Waals surface area contributed by atoms with Crippen LogP contribution >= 0.6 is 0 Å². The maximum atomic E-state index is 11.4. The predicted molar refractivity (Wildman–Crippen MR) is 68.6 cm³/mol. The monoisotopic (exact) mass is 263 g/mol. The molecule has 0 radical (unpaired) electrons. The minimum absolute atomic E-state index is 0.00350. The van der Waals surface area contributed by atoms with Gasteiger partial charge in [0.15, 0.2) is 0 Å². The summed E-state index contributed by atoms with van der Waals surface area (Å²) >= 11 is 0. The number of likely N-dealkylation sites (tertiary alicyclic amines) is 1. The van der Waals surface area contributed by atoms with E-state index in [0.717, 1.165) is 10.5 Å². The minimum atomic E-state index is -0.868. The van der Waals surface area contributed by atoms with Gasteiger partial charge >= 0.3 is 0 Å². The summed E-state index contributed by atoms with van der Waals surface area (Å²) in [5, 5.41) is 9.79. The first-order chi connectivity index (χ1) is 9.06. The SMILES string of the molecule is Cc1ccc(OCC(O)CN2C(=O)CCC2=O)cc1. The van der Waals surface area contributed by atoms with E-state index in [0.29, 0.717) is 5.75 Å². The van der Waals surface area contributed by atoms with Crippen LogP contribution in [-0.4, -0.2) is 41.1 Å². The van der Waals surface area contributed by atoms with Gasteiger partial charge in [0.25, 0.3) is 0 Å². The van der Waals surface area contributed by atoms with Gasteiger partial charge < -0.3 is 9.84 Å². The van der Waals surface area contributed by atoms with Crippen molar-refractivity contribution in [2.45, 2.75) is 25.9 Å². The molecule has 1 unspecified atom stereocenters. The third kappa shape index (κ3) is 3.54. The van der Waals surface area contributed by atoms with E-state index in [2.05, 4.69) is 0 Å². The van der Waals surface area contributed by atoms with Gasteiger partial charge in [-0.25, -0.2) is 0 Å². The van der Waals surface area contributed by atoms with E-state index in [9.17, 15) is 14.7 Å². The molecule has 1 fully saturated rings. The number of carbonyl (C=O) groups excluding carboxylic acids is 2. The number of rotatable bonds is 5. The van der Waals surface area contributed by atoms with Crippen molar-refractivity contribution >= 4 is 11.8 Å². The number of aliphatic hydroxyl groups is 1. The second-order valence-corrected chi connectivity index (χ2v) is 4.68. The molecule has 5 heteroatoms. The number of benzene rings is 1. The molecule has 2 amide bonds. The van der Waals surface area contributed by atoms with Crippen LogP contribution in [0.2, 0.25) is 0 Å². The summed E-state index contributed by atoms with van der Waals surface area (Å²) in [6.07, 6.45) is -0.387. The Labute approximate surface area is 111 Å². The van der Waals surface area contributed by atoms with E-state index in [1.807, 2.05) is 31.2 Å². The lowest BCUT2D eigenvalue weighted by molar-refractivity contribution is -0.140. The topological polar surface area (TPSA) is 66.8 Å². The van der Waals surface area contributed by atoms with Crippen LogP contribution in [0.3, 0.4) is 0 Å². The van der Waals surface area contributed by atoms with Gasteiger partial charge in [-0.15, -0.1) is 0 Å². The highest BCUT2D eigenvalue weighted by Crippen LogP contribution is 2.14. The molecule has 1 atom stereocenters. The van der Waals surface area contributed by atoms with Crippen LogP contribution in [0.25, 0.3) is 0 Å². The summed E-state index contributed by atoms with van der Waals surface area (Å²) in [6.45, 7) is 2.03. The Hall–Kier alpha value is -1.88. The molecule has 1 aromatic carbocycles. The molecule has 1 N–H and O–H groups in total. The Morgan fingerprint density at radius 3 is 2.37 bits per heavy atom. The number of hydrogen-bond donors (Lipinski definition) is 1. The fourth-order valence-electron chi connectivity index (χ4n) is 1.92. The highest BCUT2D eigenvalue weighted by Gasteiger charge is 2.30. The lowest BCUT2D eigenvalue weighted by atomic mass is 10.2. The van der Waals surface area contributed by atoms with Crippen molar-refractivity contribution in [2.24, 2.45) is 0 Å². The van der Waals surface area contributed by atoms with Crippen molar-refractivity contribution in [1.82, 2.24) is 4.90 Å². The quantitative estimate of drug-likeness (QED) is 0.801. The fraction of sp³-hybridized carbons (Fsp3) is 0.429. The molecular formula is C14H17NO4. The molecule has 1 heterocycles.